The van der Waals surface area contributed by atoms with E-state index in [-0.39, 0.29) is 5.41 Å². The second-order valence-corrected chi connectivity index (χ2v) is 6.53. The minimum atomic E-state index is -0.409. The zero-order valence-electron chi connectivity index (χ0n) is 10.7. The molecule has 0 atom stereocenters. The Hall–Kier alpha value is -1.13. The number of hydrogen-bond donors (Lipinski definition) is 0. The molecular weight excluding hydrogens is 270 g/mol. The molecule has 0 radical (unpaired) electrons. The first-order chi connectivity index (χ1) is 8.32. The number of carbonyl (C=O) groups excluding carboxylic acids is 1. The molecule has 2 aromatic rings. The van der Waals surface area contributed by atoms with Crippen molar-refractivity contribution in [3.05, 3.63) is 27.7 Å². The van der Waals surface area contributed by atoms with E-state index >= 15 is 0 Å². The molecule has 0 amide bonds. The van der Waals surface area contributed by atoms with Crippen molar-refractivity contribution in [3.8, 4) is 0 Å². The fraction of sp³-hybridized carbons (Fsp3) is 0.385. The van der Waals surface area contributed by atoms with Crippen molar-refractivity contribution in [1.82, 2.24) is 4.98 Å². The van der Waals surface area contributed by atoms with E-state index in [4.69, 9.17) is 16.3 Å². The fourth-order valence-electron chi connectivity index (χ4n) is 1.58. The van der Waals surface area contributed by atoms with Crippen LogP contribution in [-0.4, -0.2) is 18.1 Å². The van der Waals surface area contributed by atoms with Crippen LogP contribution in [0.1, 0.15) is 36.1 Å². The van der Waals surface area contributed by atoms with Crippen LogP contribution >= 0.6 is 22.9 Å². The third kappa shape index (κ3) is 2.35. The number of carbonyl (C=O) groups is 1. The number of fused-ring (bicyclic) bond motifs is 1. The van der Waals surface area contributed by atoms with E-state index in [1.54, 1.807) is 17.4 Å². The smallest absolute Gasteiger partial charge is 0.340 e. The molecule has 0 aliphatic carbocycles. The minimum absolute atomic E-state index is 0.0520. The Kier molecular flexibility index (Phi) is 3.34. The first-order valence-electron chi connectivity index (χ1n) is 5.52. The van der Waals surface area contributed by atoms with E-state index in [1.807, 2.05) is 6.07 Å². The number of methoxy groups -OCH3 is 1. The van der Waals surface area contributed by atoms with Gasteiger partial charge in [-0.2, -0.15) is 0 Å². The molecule has 1 aromatic heterocycles. The maximum atomic E-state index is 11.7. The van der Waals surface area contributed by atoms with Gasteiger partial charge < -0.3 is 4.74 Å². The van der Waals surface area contributed by atoms with E-state index in [0.29, 0.717) is 16.1 Å². The van der Waals surface area contributed by atoms with Crippen molar-refractivity contribution in [2.24, 2.45) is 0 Å². The summed E-state index contributed by atoms with van der Waals surface area (Å²) < 4.78 is 5.67. The topological polar surface area (TPSA) is 39.2 Å². The number of esters is 1. The molecule has 0 aliphatic rings. The lowest BCUT2D eigenvalue weighted by molar-refractivity contribution is 0.0603. The van der Waals surface area contributed by atoms with Gasteiger partial charge >= 0.3 is 5.97 Å². The lowest BCUT2D eigenvalue weighted by Gasteiger charge is -2.13. The summed E-state index contributed by atoms with van der Waals surface area (Å²) in [5.41, 5.74) is 1.04. The number of halogens is 1. The maximum Gasteiger partial charge on any atom is 0.340 e. The van der Waals surface area contributed by atoms with Crippen LogP contribution in [0, 0.1) is 0 Å². The summed E-state index contributed by atoms with van der Waals surface area (Å²) in [5, 5.41) is 1.50. The molecule has 0 spiro atoms. The van der Waals surface area contributed by atoms with Gasteiger partial charge in [-0.25, -0.2) is 9.78 Å². The third-order valence-corrected chi connectivity index (χ3v) is 4.15. The Labute approximate surface area is 115 Å². The van der Waals surface area contributed by atoms with Crippen LogP contribution < -0.4 is 0 Å². The van der Waals surface area contributed by atoms with Crippen molar-refractivity contribution in [2.75, 3.05) is 7.11 Å². The first kappa shape index (κ1) is 13.3. The van der Waals surface area contributed by atoms with Gasteiger partial charge in [-0.05, 0) is 12.1 Å². The number of ether oxygens (including phenoxy) is 1. The molecule has 0 saturated carbocycles. The number of rotatable bonds is 1. The van der Waals surface area contributed by atoms with Crippen LogP contribution in [0.15, 0.2) is 12.1 Å². The summed E-state index contributed by atoms with van der Waals surface area (Å²) in [7, 11) is 1.35. The van der Waals surface area contributed by atoms with E-state index < -0.39 is 5.97 Å². The monoisotopic (exact) mass is 283 g/mol. The van der Waals surface area contributed by atoms with Crippen LogP contribution in [-0.2, 0) is 10.2 Å². The minimum Gasteiger partial charge on any atom is -0.465 e. The fourth-order valence-corrected chi connectivity index (χ4v) is 2.95. The van der Waals surface area contributed by atoms with Crippen LogP contribution in [0.5, 0.6) is 0 Å². The second-order valence-electron chi connectivity index (χ2n) is 5.06. The number of aromatic nitrogens is 1. The van der Waals surface area contributed by atoms with Crippen LogP contribution in [0.4, 0.5) is 0 Å². The van der Waals surface area contributed by atoms with Gasteiger partial charge in [-0.1, -0.05) is 32.4 Å². The molecule has 5 heteroatoms. The largest absolute Gasteiger partial charge is 0.465 e. The Morgan fingerprint density at radius 3 is 2.61 bits per heavy atom. The molecule has 0 saturated heterocycles. The molecule has 3 nitrogen and oxygen atoms in total. The van der Waals surface area contributed by atoms with Gasteiger partial charge in [0.25, 0.3) is 0 Å². The standard InChI is InChI=1S/C13H14ClNO2S/c1-13(2,3)12-15-10-8(11(16)17-4)5-7(14)6-9(10)18-12/h5-6H,1-4H3. The molecule has 0 aliphatic heterocycles. The average molecular weight is 284 g/mol. The Morgan fingerprint density at radius 1 is 1.39 bits per heavy atom. The molecular formula is C13H14ClNO2S. The Morgan fingerprint density at radius 2 is 2.06 bits per heavy atom. The van der Waals surface area contributed by atoms with Gasteiger partial charge in [0.1, 0.15) is 0 Å². The van der Waals surface area contributed by atoms with Gasteiger partial charge in [-0.15, -0.1) is 11.3 Å². The van der Waals surface area contributed by atoms with E-state index in [1.165, 1.54) is 7.11 Å². The Balaban J connectivity index is 2.72. The third-order valence-electron chi connectivity index (χ3n) is 2.51. The summed E-state index contributed by atoms with van der Waals surface area (Å²) >= 11 is 7.58. The van der Waals surface area contributed by atoms with Crippen LogP contribution in [0.2, 0.25) is 5.02 Å². The van der Waals surface area contributed by atoms with E-state index in [0.717, 1.165) is 9.71 Å². The quantitative estimate of drug-likeness (QED) is 0.742. The lowest BCUT2D eigenvalue weighted by atomic mass is 9.98. The van der Waals surface area contributed by atoms with Crippen molar-refractivity contribution in [1.29, 1.82) is 0 Å². The average Bonchev–Trinajstić information content (AvgIpc) is 2.70. The summed E-state index contributed by atoms with van der Waals surface area (Å²) in [5.74, 6) is -0.409. The summed E-state index contributed by atoms with van der Waals surface area (Å²) in [6, 6.07) is 3.43. The van der Waals surface area contributed by atoms with Crippen LogP contribution in [0.25, 0.3) is 10.2 Å². The maximum absolute atomic E-state index is 11.7. The lowest BCUT2D eigenvalue weighted by Crippen LogP contribution is -2.10. The molecule has 0 N–H and O–H groups in total. The molecule has 1 heterocycles. The molecule has 18 heavy (non-hydrogen) atoms. The highest BCUT2D eigenvalue weighted by atomic mass is 35.5. The number of thiazole rings is 1. The normalized spacial score (nSPS) is 11.8. The van der Waals surface area contributed by atoms with Gasteiger partial charge in [0.05, 0.1) is 27.9 Å². The van der Waals surface area contributed by atoms with Gasteiger partial charge in [0.15, 0.2) is 0 Å². The number of hydrogen-bond acceptors (Lipinski definition) is 4. The summed E-state index contributed by atoms with van der Waals surface area (Å²) in [4.78, 5) is 16.3. The molecule has 96 valence electrons. The Bertz CT molecular complexity index is 613. The number of nitrogens with zero attached hydrogens (tertiary/aromatic N) is 1. The molecule has 0 bridgehead atoms. The highest BCUT2D eigenvalue weighted by Crippen LogP contribution is 2.34. The van der Waals surface area contributed by atoms with E-state index in [9.17, 15) is 4.79 Å². The first-order valence-corrected chi connectivity index (χ1v) is 6.71. The van der Waals surface area contributed by atoms with Crippen molar-refractivity contribution >= 4 is 39.1 Å². The van der Waals surface area contributed by atoms with Gasteiger partial charge in [-0.3, -0.25) is 0 Å². The molecule has 0 unspecified atom stereocenters. The zero-order valence-corrected chi connectivity index (χ0v) is 12.3. The highest BCUT2D eigenvalue weighted by molar-refractivity contribution is 7.18. The van der Waals surface area contributed by atoms with Crippen molar-refractivity contribution in [3.63, 3.8) is 0 Å². The molecule has 0 fully saturated rings. The van der Waals surface area contributed by atoms with Crippen molar-refractivity contribution < 1.29 is 9.53 Å². The SMILES string of the molecule is COC(=O)c1cc(Cl)cc2sc(C(C)(C)C)nc12. The molecule has 2 rings (SSSR count). The molecule has 1 aromatic carbocycles. The second kappa shape index (κ2) is 4.52. The highest BCUT2D eigenvalue weighted by Gasteiger charge is 2.22. The predicted molar refractivity (Wildman–Crippen MR) is 74.7 cm³/mol. The van der Waals surface area contributed by atoms with Gasteiger partial charge in [0, 0.05) is 10.4 Å². The van der Waals surface area contributed by atoms with Crippen LogP contribution in [0.3, 0.4) is 0 Å². The van der Waals surface area contributed by atoms with Gasteiger partial charge in [0.2, 0.25) is 0 Å². The zero-order chi connectivity index (χ0) is 13.5. The van der Waals surface area contributed by atoms with Crippen molar-refractivity contribution in [2.45, 2.75) is 26.2 Å². The summed E-state index contributed by atoms with van der Waals surface area (Å²) in [6.45, 7) is 6.26. The predicted octanol–water partition coefficient (Wildman–Crippen LogP) is 4.03. The van der Waals surface area contributed by atoms with E-state index in [2.05, 4.69) is 25.8 Å². The summed E-state index contributed by atoms with van der Waals surface area (Å²) in [6.07, 6.45) is 0. The number of benzene rings is 1.